The van der Waals surface area contributed by atoms with Crippen LogP contribution in [0.25, 0.3) is 0 Å². The first-order chi connectivity index (χ1) is 37.3. The van der Waals surface area contributed by atoms with E-state index in [1.807, 2.05) is 6.08 Å². The Morgan fingerprint density at radius 1 is 0.468 bits per heavy atom. The maximum Gasteiger partial charge on any atom is 0.220 e. The van der Waals surface area contributed by atoms with Crippen molar-refractivity contribution < 1.29 is 89.4 Å². The SMILES string of the molecule is CCCC/C=C\C/C=C\CCCCCCCC(=O)NC(COC1OC(CO)C(OC2OC(CO)C(OC3OC(CO)C(O)C(O)C3O)C(O)C2O)C(O)C1O)C(O)/C=C/CC/C=C/CCCCCCCCCCCCCC. The molecule has 3 aliphatic heterocycles. The van der Waals surface area contributed by atoms with Gasteiger partial charge in [0.15, 0.2) is 18.9 Å². The number of carbonyl (C=O) groups excluding carboxylic acids is 1. The molecule has 17 unspecified atom stereocenters. The van der Waals surface area contributed by atoms with E-state index in [1.54, 1.807) is 6.08 Å². The molecule has 0 radical (unpaired) electrons. The molecular formula is C58H103NO18. The number of allylic oxidation sites excluding steroid dienone is 7. The summed E-state index contributed by atoms with van der Waals surface area (Å²) >= 11 is 0. The molecule has 0 bridgehead atoms. The van der Waals surface area contributed by atoms with Gasteiger partial charge in [-0.05, 0) is 57.8 Å². The number of carbonyl (C=O) groups is 1. The Kier molecular flexibility index (Phi) is 37.4. The van der Waals surface area contributed by atoms with Crippen LogP contribution in [0, 0.1) is 0 Å². The number of nitrogens with one attached hydrogen (secondary N) is 1. The van der Waals surface area contributed by atoms with Crippen molar-refractivity contribution in [2.45, 2.75) is 285 Å². The molecule has 0 aliphatic carbocycles. The summed E-state index contributed by atoms with van der Waals surface area (Å²) in [5.74, 6) is -0.302. The molecular weight excluding hydrogens is 999 g/mol. The molecule has 19 nitrogen and oxygen atoms in total. The fourth-order valence-corrected chi connectivity index (χ4v) is 9.69. The molecule has 3 heterocycles. The van der Waals surface area contributed by atoms with Crippen molar-refractivity contribution in [2.24, 2.45) is 0 Å². The van der Waals surface area contributed by atoms with Crippen molar-refractivity contribution >= 4 is 5.91 Å². The number of amides is 1. The fourth-order valence-electron chi connectivity index (χ4n) is 9.69. The number of aliphatic hydroxyl groups is 11. The second kappa shape index (κ2) is 41.7. The maximum atomic E-state index is 13.3. The highest BCUT2D eigenvalue weighted by molar-refractivity contribution is 5.76. The highest BCUT2D eigenvalue weighted by Gasteiger charge is 2.53. The Labute approximate surface area is 459 Å². The number of hydrogen-bond donors (Lipinski definition) is 12. The van der Waals surface area contributed by atoms with E-state index in [2.05, 4.69) is 55.6 Å². The minimum atomic E-state index is -1.98. The molecule has 3 rings (SSSR count). The summed E-state index contributed by atoms with van der Waals surface area (Å²) in [6, 6.07) is -0.997. The zero-order valence-corrected chi connectivity index (χ0v) is 46.4. The van der Waals surface area contributed by atoms with Crippen molar-refractivity contribution in [1.29, 1.82) is 0 Å². The summed E-state index contributed by atoms with van der Waals surface area (Å²) in [7, 11) is 0. The van der Waals surface area contributed by atoms with Gasteiger partial charge in [0.2, 0.25) is 5.91 Å². The molecule has 0 spiro atoms. The summed E-state index contributed by atoms with van der Waals surface area (Å²) < 4.78 is 34.2. The number of unbranched alkanes of at least 4 members (excludes halogenated alkanes) is 20. The van der Waals surface area contributed by atoms with Crippen LogP contribution in [0.3, 0.4) is 0 Å². The topological polar surface area (TPSA) is 307 Å². The standard InChI is InChI=1S/C58H103NO18/c1-3-5-7-9-11-13-15-17-19-20-21-22-23-25-27-29-31-33-35-42(63)41(59-46(64)36-34-32-30-28-26-24-18-16-14-12-10-8-6-4-2)40-72-56-52(70)49(67)54(44(38-61)74-56)77-58-53(71)50(68)55(45(39-62)75-58)76-57-51(69)48(66)47(65)43(37-60)73-57/h10,12,16,18,25,27,33,35,41-45,47-58,60-63,65-71H,3-9,11,13-15,17,19-24,26,28-32,34,36-40H2,1-2H3,(H,59,64)/b12-10-,18-16-,27-25+,35-33+. The fraction of sp³-hybridized carbons (Fsp3) is 0.845. The molecule has 17 atom stereocenters. The molecule has 3 aliphatic rings. The first-order valence-corrected chi connectivity index (χ1v) is 29.4. The predicted molar refractivity (Wildman–Crippen MR) is 291 cm³/mol. The van der Waals surface area contributed by atoms with Crippen LogP contribution in [0.4, 0.5) is 0 Å². The molecule has 3 saturated heterocycles. The van der Waals surface area contributed by atoms with Gasteiger partial charge < -0.3 is 89.9 Å². The van der Waals surface area contributed by atoms with Gasteiger partial charge in [0.25, 0.3) is 0 Å². The molecule has 12 N–H and O–H groups in total. The predicted octanol–water partition coefficient (Wildman–Crippen LogP) is 4.70. The Hall–Kier alpha value is -2.25. The van der Waals surface area contributed by atoms with E-state index in [0.29, 0.717) is 12.8 Å². The third-order valence-electron chi connectivity index (χ3n) is 14.6. The van der Waals surface area contributed by atoms with E-state index in [4.69, 9.17) is 28.4 Å². The van der Waals surface area contributed by atoms with Gasteiger partial charge >= 0.3 is 0 Å². The summed E-state index contributed by atoms with van der Waals surface area (Å²) in [5.41, 5.74) is 0. The summed E-state index contributed by atoms with van der Waals surface area (Å²) in [5, 5.41) is 120. The quantitative estimate of drug-likeness (QED) is 0.0291. The zero-order valence-electron chi connectivity index (χ0n) is 46.4. The number of hydrogen-bond acceptors (Lipinski definition) is 18. The van der Waals surface area contributed by atoms with Crippen molar-refractivity contribution in [2.75, 3.05) is 26.4 Å². The average Bonchev–Trinajstić information content (AvgIpc) is 3.42. The molecule has 0 aromatic carbocycles. The lowest BCUT2D eigenvalue weighted by Gasteiger charge is -2.48. The third kappa shape index (κ3) is 26.0. The highest BCUT2D eigenvalue weighted by Crippen LogP contribution is 2.33. The van der Waals surface area contributed by atoms with Crippen LogP contribution >= 0.6 is 0 Å². The molecule has 0 saturated carbocycles. The third-order valence-corrected chi connectivity index (χ3v) is 14.6. The second-order valence-electron chi connectivity index (χ2n) is 21.1. The number of aliphatic hydroxyl groups excluding tert-OH is 11. The summed E-state index contributed by atoms with van der Waals surface area (Å²) in [4.78, 5) is 13.3. The lowest BCUT2D eigenvalue weighted by atomic mass is 9.96. The van der Waals surface area contributed by atoms with E-state index in [-0.39, 0.29) is 18.9 Å². The molecule has 1 amide bonds. The highest BCUT2D eigenvalue weighted by atomic mass is 16.8. The Morgan fingerprint density at radius 2 is 0.883 bits per heavy atom. The Bertz CT molecular complexity index is 1600. The monoisotopic (exact) mass is 1100 g/mol. The smallest absolute Gasteiger partial charge is 0.220 e. The first kappa shape index (κ1) is 69.0. The lowest BCUT2D eigenvalue weighted by molar-refractivity contribution is -0.379. The van der Waals surface area contributed by atoms with E-state index in [1.165, 1.54) is 83.5 Å². The van der Waals surface area contributed by atoms with Gasteiger partial charge in [0.05, 0.1) is 38.6 Å². The van der Waals surface area contributed by atoms with E-state index in [0.717, 1.165) is 64.2 Å². The molecule has 0 aromatic rings. The van der Waals surface area contributed by atoms with Crippen LogP contribution in [-0.2, 0) is 33.2 Å². The molecule has 3 fully saturated rings. The summed E-state index contributed by atoms with van der Waals surface area (Å²) in [6.07, 6.45) is 18.1. The largest absolute Gasteiger partial charge is 0.394 e. The van der Waals surface area contributed by atoms with Crippen LogP contribution in [0.15, 0.2) is 48.6 Å². The van der Waals surface area contributed by atoms with Gasteiger partial charge in [0, 0.05) is 6.42 Å². The van der Waals surface area contributed by atoms with Crippen LogP contribution in [0.5, 0.6) is 0 Å². The van der Waals surface area contributed by atoms with Gasteiger partial charge in [-0.25, -0.2) is 0 Å². The van der Waals surface area contributed by atoms with Gasteiger partial charge in [-0.15, -0.1) is 0 Å². The van der Waals surface area contributed by atoms with Crippen molar-refractivity contribution in [3.05, 3.63) is 48.6 Å². The lowest BCUT2D eigenvalue weighted by Crippen LogP contribution is -2.66. The average molecular weight is 1100 g/mol. The normalized spacial score (nSPS) is 31.1. The Morgan fingerprint density at radius 3 is 1.42 bits per heavy atom. The second-order valence-corrected chi connectivity index (χ2v) is 21.1. The van der Waals surface area contributed by atoms with E-state index in [9.17, 15) is 61.0 Å². The van der Waals surface area contributed by atoms with Crippen LogP contribution in [0.2, 0.25) is 0 Å². The Balaban J connectivity index is 1.54. The first-order valence-electron chi connectivity index (χ1n) is 29.4. The minimum Gasteiger partial charge on any atom is -0.394 e. The van der Waals surface area contributed by atoms with Crippen molar-refractivity contribution in [3.63, 3.8) is 0 Å². The summed E-state index contributed by atoms with van der Waals surface area (Å²) in [6.45, 7) is 1.63. The molecule has 448 valence electrons. The van der Waals surface area contributed by atoms with Crippen molar-refractivity contribution in [3.8, 4) is 0 Å². The molecule has 19 heteroatoms. The maximum absolute atomic E-state index is 13.3. The number of ether oxygens (including phenoxy) is 6. The van der Waals surface area contributed by atoms with Crippen LogP contribution in [0.1, 0.15) is 181 Å². The number of rotatable bonds is 42. The van der Waals surface area contributed by atoms with E-state index >= 15 is 0 Å². The minimum absolute atomic E-state index is 0.218. The zero-order chi connectivity index (χ0) is 56.2. The van der Waals surface area contributed by atoms with Gasteiger partial charge in [0.1, 0.15) is 73.2 Å². The molecule has 0 aromatic heterocycles. The van der Waals surface area contributed by atoms with Gasteiger partial charge in [-0.1, -0.05) is 165 Å². The van der Waals surface area contributed by atoms with Crippen molar-refractivity contribution in [1.82, 2.24) is 5.32 Å². The molecule has 77 heavy (non-hydrogen) atoms. The van der Waals surface area contributed by atoms with E-state index < -0.39 is 124 Å². The van der Waals surface area contributed by atoms with Crippen LogP contribution in [-0.4, -0.2) is 193 Å². The van der Waals surface area contributed by atoms with Crippen LogP contribution < -0.4 is 5.32 Å². The van der Waals surface area contributed by atoms with Gasteiger partial charge in [-0.3, -0.25) is 4.79 Å². The van der Waals surface area contributed by atoms with Gasteiger partial charge in [-0.2, -0.15) is 0 Å².